The van der Waals surface area contributed by atoms with E-state index in [0.717, 1.165) is 25.1 Å². The molecular formula is C9H13N3O. The van der Waals surface area contributed by atoms with Gasteiger partial charge in [-0.2, -0.15) is 5.10 Å². The maximum Gasteiger partial charge on any atom is 0.138 e. The van der Waals surface area contributed by atoms with Gasteiger partial charge in [-0.25, -0.2) is 4.98 Å². The zero-order valence-corrected chi connectivity index (χ0v) is 7.64. The smallest absolute Gasteiger partial charge is 0.138 e. The Morgan fingerprint density at radius 3 is 3.08 bits per heavy atom. The van der Waals surface area contributed by atoms with Gasteiger partial charge >= 0.3 is 0 Å². The average molecular weight is 179 g/mol. The summed E-state index contributed by atoms with van der Waals surface area (Å²) in [4.78, 5) is 4.13. The van der Waals surface area contributed by atoms with E-state index in [1.165, 1.54) is 5.57 Å². The first kappa shape index (κ1) is 8.44. The molecule has 1 unspecified atom stereocenters. The molecule has 1 aromatic heterocycles. The molecule has 13 heavy (non-hydrogen) atoms. The molecule has 0 bridgehead atoms. The Kier molecular flexibility index (Phi) is 2.14. The molecule has 0 saturated heterocycles. The number of aromatic nitrogens is 3. The summed E-state index contributed by atoms with van der Waals surface area (Å²) in [6, 6.07) is 0. The van der Waals surface area contributed by atoms with Crippen molar-refractivity contribution in [3.05, 3.63) is 23.8 Å². The first-order chi connectivity index (χ1) is 6.25. The maximum absolute atomic E-state index is 9.28. The summed E-state index contributed by atoms with van der Waals surface area (Å²) in [7, 11) is 1.88. The minimum atomic E-state index is -0.247. The van der Waals surface area contributed by atoms with Gasteiger partial charge in [0.05, 0.1) is 6.10 Å². The number of aliphatic hydroxyl groups excluding tert-OH is 1. The van der Waals surface area contributed by atoms with Gasteiger partial charge in [0.2, 0.25) is 0 Å². The molecule has 1 atom stereocenters. The van der Waals surface area contributed by atoms with E-state index < -0.39 is 0 Å². The van der Waals surface area contributed by atoms with E-state index >= 15 is 0 Å². The molecule has 0 saturated carbocycles. The molecule has 1 N–H and O–H groups in total. The number of allylic oxidation sites excluding steroid dienone is 1. The SMILES string of the molecule is Cn1ncnc1CC1=CC(O)CC1. The van der Waals surface area contributed by atoms with Gasteiger partial charge in [-0.15, -0.1) is 0 Å². The fourth-order valence-corrected chi connectivity index (χ4v) is 1.60. The molecule has 1 aromatic rings. The van der Waals surface area contributed by atoms with E-state index in [2.05, 4.69) is 10.1 Å². The van der Waals surface area contributed by atoms with Crippen LogP contribution in [0.2, 0.25) is 0 Å². The molecule has 2 rings (SSSR count). The highest BCUT2D eigenvalue weighted by Crippen LogP contribution is 2.20. The fraction of sp³-hybridized carbons (Fsp3) is 0.556. The van der Waals surface area contributed by atoms with E-state index in [1.54, 1.807) is 11.0 Å². The Labute approximate surface area is 76.9 Å². The summed E-state index contributed by atoms with van der Waals surface area (Å²) in [5.74, 6) is 0.959. The molecule has 0 aliphatic heterocycles. The van der Waals surface area contributed by atoms with E-state index in [9.17, 15) is 5.11 Å². The van der Waals surface area contributed by atoms with E-state index in [4.69, 9.17) is 0 Å². The highest BCUT2D eigenvalue weighted by molar-refractivity contribution is 5.16. The van der Waals surface area contributed by atoms with Crippen LogP contribution in [-0.2, 0) is 13.5 Å². The fourth-order valence-electron chi connectivity index (χ4n) is 1.60. The topological polar surface area (TPSA) is 50.9 Å². The molecule has 1 aliphatic carbocycles. The Bertz CT molecular complexity index is 329. The van der Waals surface area contributed by atoms with Gasteiger partial charge in [0.1, 0.15) is 12.2 Å². The lowest BCUT2D eigenvalue weighted by atomic mass is 10.1. The van der Waals surface area contributed by atoms with Crippen LogP contribution in [-0.4, -0.2) is 26.0 Å². The molecule has 1 heterocycles. The van der Waals surface area contributed by atoms with Gasteiger partial charge < -0.3 is 5.11 Å². The molecule has 0 radical (unpaired) electrons. The van der Waals surface area contributed by atoms with Crippen molar-refractivity contribution in [2.75, 3.05) is 0 Å². The quantitative estimate of drug-likeness (QED) is 0.670. The minimum absolute atomic E-state index is 0.247. The van der Waals surface area contributed by atoms with Crippen LogP contribution in [0.5, 0.6) is 0 Å². The predicted octanol–water partition coefficient (Wildman–Crippen LogP) is 0.439. The number of rotatable bonds is 2. The molecular weight excluding hydrogens is 166 g/mol. The maximum atomic E-state index is 9.28. The first-order valence-electron chi connectivity index (χ1n) is 4.46. The number of hydrogen-bond donors (Lipinski definition) is 1. The Balaban J connectivity index is 2.07. The van der Waals surface area contributed by atoms with Crippen molar-refractivity contribution in [1.29, 1.82) is 0 Å². The number of aliphatic hydroxyl groups is 1. The minimum Gasteiger partial charge on any atom is -0.389 e. The Hall–Kier alpha value is -1.16. The van der Waals surface area contributed by atoms with Gasteiger partial charge in [0, 0.05) is 13.5 Å². The highest BCUT2D eigenvalue weighted by Gasteiger charge is 2.14. The van der Waals surface area contributed by atoms with Crippen LogP contribution in [0.1, 0.15) is 18.7 Å². The number of hydrogen-bond acceptors (Lipinski definition) is 3. The predicted molar refractivity (Wildman–Crippen MR) is 48.0 cm³/mol. The third-order valence-electron chi connectivity index (χ3n) is 2.38. The van der Waals surface area contributed by atoms with E-state index in [-0.39, 0.29) is 6.10 Å². The zero-order valence-electron chi connectivity index (χ0n) is 7.64. The van der Waals surface area contributed by atoms with Crippen molar-refractivity contribution < 1.29 is 5.11 Å². The molecule has 4 nitrogen and oxygen atoms in total. The third-order valence-corrected chi connectivity index (χ3v) is 2.38. The number of nitrogens with zero attached hydrogens (tertiary/aromatic N) is 3. The lowest BCUT2D eigenvalue weighted by Gasteiger charge is -1.99. The van der Waals surface area contributed by atoms with Crippen LogP contribution in [0, 0.1) is 0 Å². The van der Waals surface area contributed by atoms with Crippen LogP contribution in [0.4, 0.5) is 0 Å². The second kappa shape index (κ2) is 3.30. The van der Waals surface area contributed by atoms with E-state index in [1.807, 2.05) is 13.1 Å². The molecule has 0 aromatic carbocycles. The second-order valence-electron chi connectivity index (χ2n) is 3.41. The molecule has 0 fully saturated rings. The van der Waals surface area contributed by atoms with Gasteiger partial charge in [-0.1, -0.05) is 11.6 Å². The van der Waals surface area contributed by atoms with Crippen molar-refractivity contribution in [1.82, 2.24) is 14.8 Å². The normalized spacial score (nSPS) is 22.0. The highest BCUT2D eigenvalue weighted by atomic mass is 16.3. The zero-order chi connectivity index (χ0) is 9.26. The van der Waals surface area contributed by atoms with Gasteiger partial charge in [0.15, 0.2) is 0 Å². The Morgan fingerprint density at radius 2 is 2.54 bits per heavy atom. The second-order valence-corrected chi connectivity index (χ2v) is 3.41. The average Bonchev–Trinajstić information content (AvgIpc) is 2.64. The third kappa shape index (κ3) is 1.78. The summed E-state index contributed by atoms with van der Waals surface area (Å²) >= 11 is 0. The summed E-state index contributed by atoms with van der Waals surface area (Å²) < 4.78 is 1.77. The van der Waals surface area contributed by atoms with Crippen molar-refractivity contribution >= 4 is 0 Å². The largest absolute Gasteiger partial charge is 0.389 e. The summed E-state index contributed by atoms with van der Waals surface area (Å²) in [5, 5.41) is 13.3. The number of aryl methyl sites for hydroxylation is 1. The standard InChI is InChI=1S/C9H13N3O/c1-12-9(10-6-11-12)5-7-2-3-8(13)4-7/h4,6,8,13H,2-3,5H2,1H3. The summed E-state index contributed by atoms with van der Waals surface area (Å²) in [6.45, 7) is 0. The van der Waals surface area contributed by atoms with Crippen LogP contribution in [0.3, 0.4) is 0 Å². The molecule has 1 aliphatic rings. The monoisotopic (exact) mass is 179 g/mol. The van der Waals surface area contributed by atoms with Crippen molar-refractivity contribution in [3.8, 4) is 0 Å². The summed E-state index contributed by atoms with van der Waals surface area (Å²) in [5.41, 5.74) is 1.27. The Morgan fingerprint density at radius 1 is 1.69 bits per heavy atom. The van der Waals surface area contributed by atoms with Gasteiger partial charge in [0.25, 0.3) is 0 Å². The van der Waals surface area contributed by atoms with Crippen molar-refractivity contribution in [2.45, 2.75) is 25.4 Å². The van der Waals surface area contributed by atoms with Crippen molar-refractivity contribution in [3.63, 3.8) is 0 Å². The van der Waals surface area contributed by atoms with Gasteiger partial charge in [-0.3, -0.25) is 4.68 Å². The van der Waals surface area contributed by atoms with Crippen LogP contribution in [0.25, 0.3) is 0 Å². The molecule has 4 heteroatoms. The lowest BCUT2D eigenvalue weighted by Crippen LogP contribution is -2.00. The van der Waals surface area contributed by atoms with Gasteiger partial charge in [-0.05, 0) is 12.8 Å². The molecule has 70 valence electrons. The van der Waals surface area contributed by atoms with Crippen LogP contribution in [0.15, 0.2) is 18.0 Å². The lowest BCUT2D eigenvalue weighted by molar-refractivity contribution is 0.223. The van der Waals surface area contributed by atoms with E-state index in [0.29, 0.717) is 0 Å². The molecule has 0 amide bonds. The molecule has 0 spiro atoms. The summed E-state index contributed by atoms with van der Waals surface area (Å²) in [6.07, 6.45) is 5.88. The van der Waals surface area contributed by atoms with Crippen LogP contribution < -0.4 is 0 Å². The first-order valence-corrected chi connectivity index (χ1v) is 4.46. The van der Waals surface area contributed by atoms with Crippen LogP contribution >= 0.6 is 0 Å². The van der Waals surface area contributed by atoms with Crippen molar-refractivity contribution in [2.24, 2.45) is 7.05 Å².